The molecule has 1 aliphatic rings. The molecule has 3 rings (SSSR count). The number of hydrogen-bond donors (Lipinski definition) is 1. The van der Waals surface area contributed by atoms with Gasteiger partial charge in [-0.05, 0) is 40.2 Å². The van der Waals surface area contributed by atoms with Crippen LogP contribution in [-0.4, -0.2) is 19.0 Å². The Labute approximate surface area is 134 Å². The molecule has 0 unspecified atom stereocenters. The number of carbonyl (C=O) groups excluding carboxylic acids is 1. The zero-order valence-corrected chi connectivity index (χ0v) is 13.2. The molecule has 0 spiro atoms. The molecule has 2 N–H and O–H groups in total. The summed E-state index contributed by atoms with van der Waals surface area (Å²) >= 11 is 9.48. The van der Waals surface area contributed by atoms with Crippen LogP contribution in [0.4, 0.5) is 5.69 Å². The van der Waals surface area contributed by atoms with Gasteiger partial charge in [0.25, 0.3) is 0 Å². The van der Waals surface area contributed by atoms with E-state index in [0.29, 0.717) is 45.5 Å². The van der Waals surface area contributed by atoms with Gasteiger partial charge in [0.15, 0.2) is 17.3 Å². The third-order valence-corrected chi connectivity index (χ3v) is 4.12. The van der Waals surface area contributed by atoms with E-state index in [1.54, 1.807) is 30.3 Å². The van der Waals surface area contributed by atoms with Gasteiger partial charge in [0.2, 0.25) is 0 Å². The summed E-state index contributed by atoms with van der Waals surface area (Å²) in [6, 6.07) is 8.34. The van der Waals surface area contributed by atoms with Gasteiger partial charge in [0.1, 0.15) is 13.2 Å². The van der Waals surface area contributed by atoms with Crippen LogP contribution in [0.1, 0.15) is 15.9 Å². The molecule has 0 radical (unpaired) electrons. The average molecular weight is 369 g/mol. The number of nitrogen functional groups attached to an aromatic ring is 1. The lowest BCUT2D eigenvalue weighted by molar-refractivity contribution is 0.103. The van der Waals surface area contributed by atoms with Crippen molar-refractivity contribution in [2.45, 2.75) is 0 Å². The van der Waals surface area contributed by atoms with Crippen molar-refractivity contribution < 1.29 is 14.3 Å². The quantitative estimate of drug-likeness (QED) is 0.649. The number of hydrogen-bond acceptors (Lipinski definition) is 4. The minimum atomic E-state index is -0.262. The first-order valence-electron chi connectivity index (χ1n) is 6.26. The second kappa shape index (κ2) is 5.58. The van der Waals surface area contributed by atoms with E-state index in [0.717, 1.165) is 0 Å². The Morgan fingerprint density at radius 3 is 2.52 bits per heavy atom. The maximum absolute atomic E-state index is 12.7. The molecule has 0 bridgehead atoms. The molecular weight excluding hydrogens is 358 g/mol. The standard InChI is InChI=1S/C15H11BrClNO3/c16-9-7-13-12(20-4-5-21-13)6-8(9)15(19)14-10(17)2-1-3-11(14)18/h1-3,6-7H,4-5,18H2. The molecule has 1 heterocycles. The first kappa shape index (κ1) is 14.2. The third kappa shape index (κ3) is 2.59. The van der Waals surface area contributed by atoms with Gasteiger partial charge in [-0.2, -0.15) is 0 Å². The Bertz CT molecular complexity index is 713. The van der Waals surface area contributed by atoms with Crippen LogP contribution in [0.2, 0.25) is 5.02 Å². The number of benzene rings is 2. The fourth-order valence-corrected chi connectivity index (χ4v) is 2.92. The SMILES string of the molecule is Nc1cccc(Cl)c1C(=O)c1cc2c(cc1Br)OCCO2. The highest BCUT2D eigenvalue weighted by molar-refractivity contribution is 9.10. The fraction of sp³-hybridized carbons (Fsp3) is 0.133. The van der Waals surface area contributed by atoms with E-state index in [1.165, 1.54) is 0 Å². The Balaban J connectivity index is 2.10. The summed E-state index contributed by atoms with van der Waals surface area (Å²) < 4.78 is 11.6. The van der Waals surface area contributed by atoms with Crippen molar-refractivity contribution in [3.8, 4) is 11.5 Å². The molecule has 0 fully saturated rings. The Morgan fingerprint density at radius 2 is 1.86 bits per heavy atom. The van der Waals surface area contributed by atoms with E-state index in [4.69, 9.17) is 26.8 Å². The molecule has 0 saturated heterocycles. The van der Waals surface area contributed by atoms with Crippen LogP contribution < -0.4 is 15.2 Å². The maximum Gasteiger partial charge on any atom is 0.197 e. The zero-order valence-electron chi connectivity index (χ0n) is 10.9. The van der Waals surface area contributed by atoms with Crippen molar-refractivity contribution in [1.82, 2.24) is 0 Å². The third-order valence-electron chi connectivity index (χ3n) is 3.15. The van der Waals surface area contributed by atoms with Gasteiger partial charge < -0.3 is 15.2 Å². The van der Waals surface area contributed by atoms with Crippen molar-refractivity contribution >= 4 is 39.0 Å². The van der Waals surface area contributed by atoms with Crippen LogP contribution in [0.3, 0.4) is 0 Å². The molecular formula is C15H11BrClNO3. The first-order chi connectivity index (χ1) is 10.1. The second-order valence-electron chi connectivity index (χ2n) is 4.51. The van der Waals surface area contributed by atoms with Crippen molar-refractivity contribution in [1.29, 1.82) is 0 Å². The van der Waals surface area contributed by atoms with Crippen LogP contribution in [0.15, 0.2) is 34.8 Å². The summed E-state index contributed by atoms with van der Waals surface area (Å²) in [5.74, 6) is 0.886. The largest absolute Gasteiger partial charge is 0.486 e. The van der Waals surface area contributed by atoms with E-state index in [-0.39, 0.29) is 11.3 Å². The summed E-state index contributed by atoms with van der Waals surface area (Å²) in [7, 11) is 0. The second-order valence-corrected chi connectivity index (χ2v) is 5.77. The Hall–Kier alpha value is -1.72. The van der Waals surface area contributed by atoms with Crippen molar-refractivity contribution in [3.05, 3.63) is 51.0 Å². The van der Waals surface area contributed by atoms with E-state index >= 15 is 0 Å². The van der Waals surface area contributed by atoms with Crippen molar-refractivity contribution in [2.75, 3.05) is 18.9 Å². The molecule has 0 atom stereocenters. The smallest absolute Gasteiger partial charge is 0.197 e. The highest BCUT2D eigenvalue weighted by Crippen LogP contribution is 2.37. The Kier molecular flexibility index (Phi) is 3.78. The number of anilines is 1. The average Bonchev–Trinajstić information content (AvgIpc) is 2.46. The van der Waals surface area contributed by atoms with Gasteiger partial charge >= 0.3 is 0 Å². The number of nitrogens with two attached hydrogens (primary N) is 1. The fourth-order valence-electron chi connectivity index (χ4n) is 2.15. The summed E-state index contributed by atoms with van der Waals surface area (Å²) in [4.78, 5) is 12.7. The van der Waals surface area contributed by atoms with Crippen LogP contribution >= 0.6 is 27.5 Å². The highest BCUT2D eigenvalue weighted by atomic mass is 79.9. The highest BCUT2D eigenvalue weighted by Gasteiger charge is 2.22. The summed E-state index contributed by atoms with van der Waals surface area (Å²) in [5, 5.41) is 0.321. The number of rotatable bonds is 2. The molecule has 4 nitrogen and oxygen atoms in total. The summed E-state index contributed by atoms with van der Waals surface area (Å²) in [6.45, 7) is 0.945. The molecule has 0 aromatic heterocycles. The van der Waals surface area contributed by atoms with E-state index in [2.05, 4.69) is 15.9 Å². The maximum atomic E-state index is 12.7. The first-order valence-corrected chi connectivity index (χ1v) is 7.43. The number of carbonyl (C=O) groups is 1. The molecule has 0 saturated carbocycles. The zero-order chi connectivity index (χ0) is 15.0. The van der Waals surface area contributed by atoms with Gasteiger partial charge in [-0.25, -0.2) is 0 Å². The lowest BCUT2D eigenvalue weighted by Crippen LogP contribution is -2.16. The molecule has 2 aromatic rings. The van der Waals surface area contributed by atoms with Gasteiger partial charge in [0, 0.05) is 15.7 Å². The molecule has 21 heavy (non-hydrogen) atoms. The summed E-state index contributed by atoms with van der Waals surface area (Å²) in [5.41, 5.74) is 6.93. The topological polar surface area (TPSA) is 61.6 Å². The van der Waals surface area contributed by atoms with Crippen LogP contribution in [0.25, 0.3) is 0 Å². The molecule has 1 aliphatic heterocycles. The molecule has 2 aromatic carbocycles. The summed E-state index contributed by atoms with van der Waals surface area (Å²) in [6.07, 6.45) is 0. The number of fused-ring (bicyclic) bond motifs is 1. The minimum Gasteiger partial charge on any atom is -0.486 e. The van der Waals surface area contributed by atoms with Crippen LogP contribution in [0.5, 0.6) is 11.5 Å². The van der Waals surface area contributed by atoms with E-state index < -0.39 is 0 Å². The lowest BCUT2D eigenvalue weighted by Gasteiger charge is -2.20. The van der Waals surface area contributed by atoms with Crippen LogP contribution in [-0.2, 0) is 0 Å². The van der Waals surface area contributed by atoms with Crippen LogP contribution in [0, 0.1) is 0 Å². The Morgan fingerprint density at radius 1 is 1.19 bits per heavy atom. The molecule has 108 valence electrons. The monoisotopic (exact) mass is 367 g/mol. The lowest BCUT2D eigenvalue weighted by atomic mass is 10.0. The van der Waals surface area contributed by atoms with Gasteiger partial charge in [-0.15, -0.1) is 0 Å². The normalized spacial score (nSPS) is 13.0. The predicted octanol–water partition coefficient (Wildman–Crippen LogP) is 3.69. The predicted molar refractivity (Wildman–Crippen MR) is 84.4 cm³/mol. The van der Waals surface area contributed by atoms with Gasteiger partial charge in [-0.3, -0.25) is 4.79 Å². The van der Waals surface area contributed by atoms with Gasteiger partial charge in [0.05, 0.1) is 10.6 Å². The number of ketones is 1. The molecule has 6 heteroatoms. The minimum absolute atomic E-state index is 0.262. The van der Waals surface area contributed by atoms with Crippen molar-refractivity contribution in [2.24, 2.45) is 0 Å². The number of ether oxygens (including phenoxy) is 2. The van der Waals surface area contributed by atoms with E-state index in [9.17, 15) is 4.79 Å². The van der Waals surface area contributed by atoms with Gasteiger partial charge in [-0.1, -0.05) is 17.7 Å². The molecule has 0 aliphatic carbocycles. The number of halogens is 2. The van der Waals surface area contributed by atoms with Crippen molar-refractivity contribution in [3.63, 3.8) is 0 Å². The van der Waals surface area contributed by atoms with E-state index in [1.807, 2.05) is 0 Å². The molecule has 0 amide bonds.